The van der Waals surface area contributed by atoms with Gasteiger partial charge >= 0.3 is 0 Å². The SMILES string of the molecule is CN(C)c1ccc(C2/C(=C(/O)c3ccc4c(c3)OCCO4)C(=O)C(=O)N2Cc2ccco2)cc1. The van der Waals surface area contributed by atoms with Gasteiger partial charge < -0.3 is 28.8 Å². The number of furan rings is 1. The van der Waals surface area contributed by atoms with Crippen molar-refractivity contribution in [1.29, 1.82) is 0 Å². The number of ether oxygens (including phenoxy) is 2. The predicted molar refractivity (Wildman–Crippen MR) is 125 cm³/mol. The summed E-state index contributed by atoms with van der Waals surface area (Å²) in [5.74, 6) is -0.128. The molecule has 1 atom stereocenters. The Morgan fingerprint density at radius 3 is 2.44 bits per heavy atom. The van der Waals surface area contributed by atoms with Crippen LogP contribution in [0.15, 0.2) is 70.9 Å². The summed E-state index contributed by atoms with van der Waals surface area (Å²) in [6, 6.07) is 15.2. The van der Waals surface area contributed by atoms with Crippen molar-refractivity contribution in [2.24, 2.45) is 0 Å². The average Bonchev–Trinajstić information content (AvgIpc) is 3.46. The third-order valence-corrected chi connectivity index (χ3v) is 5.99. The first-order chi connectivity index (χ1) is 16.4. The normalized spacial score (nSPS) is 18.9. The third-order valence-electron chi connectivity index (χ3n) is 5.99. The smallest absolute Gasteiger partial charge is 0.296 e. The third kappa shape index (κ3) is 3.77. The van der Waals surface area contributed by atoms with E-state index < -0.39 is 17.7 Å². The van der Waals surface area contributed by atoms with Gasteiger partial charge in [0, 0.05) is 25.3 Å². The molecule has 0 radical (unpaired) electrons. The van der Waals surface area contributed by atoms with Gasteiger partial charge in [-0.3, -0.25) is 9.59 Å². The first-order valence-corrected chi connectivity index (χ1v) is 10.9. The van der Waals surface area contributed by atoms with Crippen molar-refractivity contribution in [1.82, 2.24) is 4.90 Å². The van der Waals surface area contributed by atoms with Gasteiger partial charge in [-0.1, -0.05) is 12.1 Å². The molecule has 8 heteroatoms. The van der Waals surface area contributed by atoms with E-state index >= 15 is 0 Å². The standard InChI is InChI=1S/C26H24N2O6/c1-27(2)18-8-5-16(6-9-18)23-22(25(30)26(31)28(23)15-19-4-3-11-32-19)24(29)17-7-10-20-21(14-17)34-13-12-33-20/h3-11,14,23,29H,12-13,15H2,1-2H3/b24-22-. The van der Waals surface area contributed by atoms with Crippen molar-refractivity contribution in [3.05, 3.63) is 83.3 Å². The number of Topliss-reactive ketones (excluding diaryl/α,β-unsaturated/α-hetero) is 1. The molecule has 5 rings (SSSR count). The van der Waals surface area contributed by atoms with E-state index in [1.54, 1.807) is 30.3 Å². The largest absolute Gasteiger partial charge is 0.507 e. The van der Waals surface area contributed by atoms with E-state index in [2.05, 4.69) is 0 Å². The highest BCUT2D eigenvalue weighted by atomic mass is 16.6. The first-order valence-electron chi connectivity index (χ1n) is 10.9. The lowest BCUT2D eigenvalue weighted by molar-refractivity contribution is -0.140. The summed E-state index contributed by atoms with van der Waals surface area (Å²) in [4.78, 5) is 29.7. The van der Waals surface area contributed by atoms with Crippen LogP contribution in [0, 0.1) is 0 Å². The van der Waals surface area contributed by atoms with Gasteiger partial charge in [-0.2, -0.15) is 0 Å². The van der Waals surface area contributed by atoms with E-state index in [4.69, 9.17) is 13.9 Å². The predicted octanol–water partition coefficient (Wildman–Crippen LogP) is 3.74. The van der Waals surface area contributed by atoms with Gasteiger partial charge in [0.25, 0.3) is 11.7 Å². The van der Waals surface area contributed by atoms with E-state index in [9.17, 15) is 14.7 Å². The van der Waals surface area contributed by atoms with Gasteiger partial charge in [0.15, 0.2) is 11.5 Å². The molecule has 0 saturated carbocycles. The maximum atomic E-state index is 13.2. The second kappa shape index (κ2) is 8.62. The molecule has 0 aliphatic carbocycles. The van der Waals surface area contributed by atoms with E-state index in [0.717, 1.165) is 5.69 Å². The molecule has 1 N–H and O–H groups in total. The van der Waals surface area contributed by atoms with Crippen LogP contribution in [-0.4, -0.2) is 49.0 Å². The molecule has 1 fully saturated rings. The minimum Gasteiger partial charge on any atom is -0.507 e. The number of anilines is 1. The van der Waals surface area contributed by atoms with E-state index in [1.165, 1.54) is 11.2 Å². The fourth-order valence-corrected chi connectivity index (χ4v) is 4.26. The lowest BCUT2D eigenvalue weighted by atomic mass is 9.95. The highest BCUT2D eigenvalue weighted by Crippen LogP contribution is 2.42. The summed E-state index contributed by atoms with van der Waals surface area (Å²) in [6.45, 7) is 0.928. The molecule has 2 aromatic carbocycles. The zero-order chi connectivity index (χ0) is 23.8. The minimum absolute atomic E-state index is 0.0193. The molecule has 3 heterocycles. The molecule has 1 saturated heterocycles. The topological polar surface area (TPSA) is 92.5 Å². The number of hydrogen-bond donors (Lipinski definition) is 1. The van der Waals surface area contributed by atoms with Crippen molar-refractivity contribution in [3.8, 4) is 11.5 Å². The summed E-state index contributed by atoms with van der Waals surface area (Å²) in [5, 5.41) is 11.3. The van der Waals surface area contributed by atoms with Crippen LogP contribution in [0.1, 0.15) is 22.9 Å². The van der Waals surface area contributed by atoms with Crippen LogP contribution >= 0.6 is 0 Å². The number of carbonyl (C=O) groups is 2. The lowest BCUT2D eigenvalue weighted by Crippen LogP contribution is -2.29. The molecule has 0 bridgehead atoms. The van der Waals surface area contributed by atoms with Crippen molar-refractivity contribution in [2.75, 3.05) is 32.2 Å². The zero-order valence-electron chi connectivity index (χ0n) is 18.9. The molecular weight excluding hydrogens is 436 g/mol. The summed E-state index contributed by atoms with van der Waals surface area (Å²) in [5.41, 5.74) is 2.06. The summed E-state index contributed by atoms with van der Waals surface area (Å²) in [7, 11) is 3.86. The molecule has 1 aromatic heterocycles. The van der Waals surface area contributed by atoms with Gasteiger partial charge in [-0.25, -0.2) is 0 Å². The Labute approximate surface area is 196 Å². The number of likely N-dealkylation sites (tertiary alicyclic amines) is 1. The number of nitrogens with zero attached hydrogens (tertiary/aromatic N) is 2. The maximum Gasteiger partial charge on any atom is 0.296 e. The van der Waals surface area contributed by atoms with Crippen molar-refractivity contribution < 1.29 is 28.6 Å². The second-order valence-corrected chi connectivity index (χ2v) is 8.35. The Kier molecular flexibility index (Phi) is 5.49. The van der Waals surface area contributed by atoms with E-state index in [0.29, 0.717) is 41.6 Å². The Balaban J connectivity index is 1.62. The number of carbonyl (C=O) groups excluding carboxylic acids is 2. The maximum absolute atomic E-state index is 13.2. The highest BCUT2D eigenvalue weighted by Gasteiger charge is 2.46. The summed E-state index contributed by atoms with van der Waals surface area (Å²) < 4.78 is 16.6. The van der Waals surface area contributed by atoms with E-state index in [1.807, 2.05) is 43.3 Å². The Morgan fingerprint density at radius 2 is 1.76 bits per heavy atom. The fraction of sp³-hybridized carbons (Fsp3) is 0.231. The molecule has 1 amide bonds. The lowest BCUT2D eigenvalue weighted by Gasteiger charge is -2.25. The number of rotatable bonds is 5. The van der Waals surface area contributed by atoms with E-state index in [-0.39, 0.29) is 17.9 Å². The van der Waals surface area contributed by atoms with Gasteiger partial charge in [0.2, 0.25) is 0 Å². The highest BCUT2D eigenvalue weighted by molar-refractivity contribution is 6.46. The number of hydrogen-bond acceptors (Lipinski definition) is 7. The number of amides is 1. The van der Waals surface area contributed by atoms with Crippen LogP contribution in [0.3, 0.4) is 0 Å². The number of fused-ring (bicyclic) bond motifs is 1. The van der Waals surface area contributed by atoms with Gasteiger partial charge in [-0.15, -0.1) is 0 Å². The van der Waals surface area contributed by atoms with Gasteiger partial charge in [0.05, 0.1) is 24.4 Å². The van der Waals surface area contributed by atoms with Crippen LogP contribution in [0.4, 0.5) is 5.69 Å². The van der Waals surface area contributed by atoms with Crippen LogP contribution in [0.5, 0.6) is 11.5 Å². The molecule has 1 unspecified atom stereocenters. The Morgan fingerprint density at radius 1 is 1.03 bits per heavy atom. The molecule has 3 aromatic rings. The molecule has 174 valence electrons. The number of ketones is 1. The van der Waals surface area contributed by atoms with Gasteiger partial charge in [0.1, 0.15) is 24.7 Å². The molecule has 34 heavy (non-hydrogen) atoms. The minimum atomic E-state index is -0.783. The molecule has 2 aliphatic heterocycles. The summed E-state index contributed by atoms with van der Waals surface area (Å²) >= 11 is 0. The molecule has 8 nitrogen and oxygen atoms in total. The second-order valence-electron chi connectivity index (χ2n) is 8.35. The number of benzene rings is 2. The van der Waals surface area contributed by atoms with Crippen LogP contribution in [-0.2, 0) is 16.1 Å². The molecular formula is C26H24N2O6. The monoisotopic (exact) mass is 460 g/mol. The Bertz CT molecular complexity index is 1260. The van der Waals surface area contributed by atoms with Crippen LogP contribution in [0.25, 0.3) is 5.76 Å². The van der Waals surface area contributed by atoms with Crippen molar-refractivity contribution >= 4 is 23.1 Å². The zero-order valence-corrected chi connectivity index (χ0v) is 18.9. The number of aliphatic hydroxyl groups is 1. The Hall–Kier alpha value is -4.20. The quantitative estimate of drug-likeness (QED) is 0.352. The van der Waals surface area contributed by atoms with Crippen molar-refractivity contribution in [2.45, 2.75) is 12.6 Å². The average molecular weight is 460 g/mol. The fourth-order valence-electron chi connectivity index (χ4n) is 4.26. The van der Waals surface area contributed by atoms with Gasteiger partial charge in [-0.05, 0) is 48.0 Å². The van der Waals surface area contributed by atoms with Crippen molar-refractivity contribution in [3.63, 3.8) is 0 Å². The molecule has 2 aliphatic rings. The number of aliphatic hydroxyl groups excluding tert-OH is 1. The first kappa shape index (κ1) is 21.6. The summed E-state index contributed by atoms with van der Waals surface area (Å²) in [6.07, 6.45) is 1.52. The molecule has 0 spiro atoms. The van der Waals surface area contributed by atoms with Crippen LogP contribution in [0.2, 0.25) is 0 Å². The van der Waals surface area contributed by atoms with Crippen LogP contribution < -0.4 is 14.4 Å².